The van der Waals surface area contributed by atoms with Crippen LogP contribution in [0.4, 0.5) is 19.6 Å². The zero-order valence-corrected chi connectivity index (χ0v) is 16.1. The monoisotopic (exact) mass is 417 g/mol. The molecular weight excluding hydrogens is 404 g/mol. The van der Waals surface area contributed by atoms with Gasteiger partial charge in [0.1, 0.15) is 11.6 Å². The summed E-state index contributed by atoms with van der Waals surface area (Å²) in [4.78, 5) is 29.4. The van der Waals surface area contributed by atoms with E-state index < -0.39 is 17.5 Å². The molecule has 3 aromatic rings. The third kappa shape index (κ3) is 3.63. The topological polar surface area (TPSA) is 71.1 Å². The molecule has 4 rings (SSSR count). The van der Waals surface area contributed by atoms with Crippen LogP contribution in [0.25, 0.3) is 11.3 Å². The van der Waals surface area contributed by atoms with Crippen LogP contribution in [0.3, 0.4) is 0 Å². The average Bonchev–Trinajstić information content (AvgIpc) is 3.12. The van der Waals surface area contributed by atoms with E-state index in [-0.39, 0.29) is 27.5 Å². The number of amides is 2. The third-order valence-electron chi connectivity index (χ3n) is 4.10. The molecule has 2 aromatic carbocycles. The highest BCUT2D eigenvalue weighted by molar-refractivity contribution is 8.00. The molecule has 1 unspecified atom stereocenters. The first-order valence-corrected chi connectivity index (χ1v) is 10.0. The number of rotatable bonds is 3. The number of nitrogens with one attached hydrogen (secondary N) is 2. The van der Waals surface area contributed by atoms with Crippen LogP contribution in [0.15, 0.2) is 46.7 Å². The van der Waals surface area contributed by atoms with Crippen LogP contribution in [-0.4, -0.2) is 22.0 Å². The number of halogens is 2. The molecule has 1 atom stereocenters. The lowest BCUT2D eigenvalue weighted by atomic mass is 10.1. The number of hydrogen-bond donors (Lipinski definition) is 2. The Morgan fingerprint density at radius 2 is 2.04 bits per heavy atom. The van der Waals surface area contributed by atoms with Crippen LogP contribution in [0.2, 0.25) is 0 Å². The van der Waals surface area contributed by atoms with E-state index in [2.05, 4.69) is 15.6 Å². The fourth-order valence-corrected chi connectivity index (χ4v) is 4.30. The van der Waals surface area contributed by atoms with Crippen molar-refractivity contribution in [2.75, 3.05) is 10.6 Å². The van der Waals surface area contributed by atoms with Crippen LogP contribution in [0.1, 0.15) is 17.3 Å². The summed E-state index contributed by atoms with van der Waals surface area (Å²) in [6, 6.07) is 8.15. The predicted octanol–water partition coefficient (Wildman–Crippen LogP) is 4.77. The van der Waals surface area contributed by atoms with Crippen molar-refractivity contribution in [3.05, 3.63) is 59.0 Å². The Bertz CT molecular complexity index is 1100. The standard InChI is InChI=1S/C19H13F2N3O2S2/c1-9-17(25)22-14-6-10(2-5-16(14)28-9)18(26)24-19-23-15(8-27-19)12-7-11(20)3-4-13(12)21/h2-9H,1H3,(H,22,25)(H,23,24,26). The van der Waals surface area contributed by atoms with Crippen molar-refractivity contribution in [1.82, 2.24) is 4.98 Å². The van der Waals surface area contributed by atoms with Gasteiger partial charge >= 0.3 is 0 Å². The number of benzene rings is 2. The molecule has 2 heterocycles. The Morgan fingerprint density at radius 3 is 2.86 bits per heavy atom. The van der Waals surface area contributed by atoms with Gasteiger partial charge in [0.2, 0.25) is 5.91 Å². The second-order valence-electron chi connectivity index (χ2n) is 6.08. The van der Waals surface area contributed by atoms with Crippen LogP contribution >= 0.6 is 23.1 Å². The average molecular weight is 417 g/mol. The van der Waals surface area contributed by atoms with Crippen molar-refractivity contribution in [3.8, 4) is 11.3 Å². The number of anilines is 2. The summed E-state index contributed by atoms with van der Waals surface area (Å²) in [6.45, 7) is 1.81. The van der Waals surface area contributed by atoms with Gasteiger partial charge in [0.25, 0.3) is 5.91 Å². The molecule has 0 radical (unpaired) electrons. The quantitative estimate of drug-likeness (QED) is 0.644. The highest BCUT2D eigenvalue weighted by atomic mass is 32.2. The SMILES string of the molecule is CC1Sc2ccc(C(=O)Nc3nc(-c4cc(F)ccc4F)cs3)cc2NC1=O. The Kier molecular flexibility index (Phi) is 4.86. The molecule has 2 amide bonds. The fraction of sp³-hybridized carbons (Fsp3) is 0.105. The molecule has 5 nitrogen and oxygen atoms in total. The van der Waals surface area contributed by atoms with E-state index in [1.807, 2.05) is 6.92 Å². The zero-order valence-electron chi connectivity index (χ0n) is 14.5. The van der Waals surface area contributed by atoms with Gasteiger partial charge in [0.05, 0.1) is 16.6 Å². The Labute approximate surface area is 167 Å². The second kappa shape index (κ2) is 7.33. The molecular formula is C19H13F2N3O2S2. The first-order valence-electron chi connectivity index (χ1n) is 8.24. The first-order chi connectivity index (χ1) is 13.4. The molecule has 0 bridgehead atoms. The Morgan fingerprint density at radius 1 is 1.21 bits per heavy atom. The number of hydrogen-bond acceptors (Lipinski definition) is 5. The number of nitrogens with zero attached hydrogens (tertiary/aromatic N) is 1. The molecule has 142 valence electrons. The summed E-state index contributed by atoms with van der Waals surface area (Å²) in [6.07, 6.45) is 0. The highest BCUT2D eigenvalue weighted by Crippen LogP contribution is 2.36. The third-order valence-corrected chi connectivity index (χ3v) is 6.04. The molecule has 1 aromatic heterocycles. The molecule has 0 aliphatic carbocycles. The summed E-state index contributed by atoms with van der Waals surface area (Å²) in [7, 11) is 0. The maximum Gasteiger partial charge on any atom is 0.257 e. The molecule has 28 heavy (non-hydrogen) atoms. The van der Waals surface area contributed by atoms with E-state index >= 15 is 0 Å². The first kappa shape index (κ1) is 18.6. The lowest BCUT2D eigenvalue weighted by Gasteiger charge is -2.21. The summed E-state index contributed by atoms with van der Waals surface area (Å²) in [5.74, 6) is -1.70. The molecule has 0 saturated heterocycles. The molecule has 0 saturated carbocycles. The van der Waals surface area contributed by atoms with Gasteiger partial charge in [0.15, 0.2) is 5.13 Å². The maximum absolute atomic E-state index is 13.9. The number of carbonyl (C=O) groups is 2. The van der Waals surface area contributed by atoms with Gasteiger partial charge in [-0.25, -0.2) is 13.8 Å². The minimum atomic E-state index is -0.596. The van der Waals surface area contributed by atoms with Gasteiger partial charge in [-0.1, -0.05) is 0 Å². The summed E-state index contributed by atoms with van der Waals surface area (Å²) in [5, 5.41) is 7.03. The van der Waals surface area contributed by atoms with E-state index in [0.29, 0.717) is 11.3 Å². The van der Waals surface area contributed by atoms with Gasteiger partial charge in [-0.15, -0.1) is 23.1 Å². The number of carbonyl (C=O) groups excluding carboxylic acids is 2. The van der Waals surface area contributed by atoms with E-state index in [9.17, 15) is 18.4 Å². The summed E-state index contributed by atoms with van der Waals surface area (Å²) in [5.41, 5.74) is 1.20. The van der Waals surface area contributed by atoms with Gasteiger partial charge in [-0.3, -0.25) is 14.9 Å². The van der Waals surface area contributed by atoms with Crippen LogP contribution < -0.4 is 10.6 Å². The predicted molar refractivity (Wildman–Crippen MR) is 106 cm³/mol. The normalized spacial score (nSPS) is 15.7. The minimum Gasteiger partial charge on any atom is -0.324 e. The van der Waals surface area contributed by atoms with E-state index in [4.69, 9.17) is 0 Å². The molecule has 1 aliphatic rings. The second-order valence-corrected chi connectivity index (χ2v) is 8.32. The molecule has 2 N–H and O–H groups in total. The van der Waals surface area contributed by atoms with Gasteiger partial charge in [0, 0.05) is 21.4 Å². The zero-order chi connectivity index (χ0) is 19.8. The number of thioether (sulfide) groups is 1. The van der Waals surface area contributed by atoms with Crippen LogP contribution in [0, 0.1) is 11.6 Å². The van der Waals surface area contributed by atoms with Crippen molar-refractivity contribution in [3.63, 3.8) is 0 Å². The lowest BCUT2D eigenvalue weighted by Crippen LogP contribution is -2.26. The van der Waals surface area contributed by atoms with Crippen LogP contribution in [0.5, 0.6) is 0 Å². The molecule has 0 spiro atoms. The molecule has 9 heteroatoms. The number of fused-ring (bicyclic) bond motifs is 1. The van der Waals surface area contributed by atoms with E-state index in [1.54, 1.807) is 23.6 Å². The fourth-order valence-electron chi connectivity index (χ4n) is 2.67. The van der Waals surface area contributed by atoms with Crippen molar-refractivity contribution < 1.29 is 18.4 Å². The largest absolute Gasteiger partial charge is 0.324 e. The van der Waals surface area contributed by atoms with E-state index in [1.165, 1.54) is 11.8 Å². The van der Waals surface area contributed by atoms with Gasteiger partial charge in [-0.05, 0) is 43.3 Å². The molecule has 0 fully saturated rings. The van der Waals surface area contributed by atoms with Gasteiger partial charge in [-0.2, -0.15) is 0 Å². The van der Waals surface area contributed by atoms with Crippen LogP contribution in [-0.2, 0) is 4.79 Å². The smallest absolute Gasteiger partial charge is 0.257 e. The summed E-state index contributed by atoms with van der Waals surface area (Å²) < 4.78 is 27.3. The maximum atomic E-state index is 13.9. The van der Waals surface area contributed by atoms with Crippen molar-refractivity contribution >= 4 is 45.7 Å². The highest BCUT2D eigenvalue weighted by Gasteiger charge is 2.24. The van der Waals surface area contributed by atoms with E-state index in [0.717, 1.165) is 34.4 Å². The number of thiazole rings is 1. The Balaban J connectivity index is 1.53. The number of aromatic nitrogens is 1. The minimum absolute atomic E-state index is 0.0272. The molecule has 1 aliphatic heterocycles. The van der Waals surface area contributed by atoms with Crippen molar-refractivity contribution in [1.29, 1.82) is 0 Å². The summed E-state index contributed by atoms with van der Waals surface area (Å²) >= 11 is 2.53. The van der Waals surface area contributed by atoms with Crippen molar-refractivity contribution in [2.45, 2.75) is 17.1 Å². The Hall–Kier alpha value is -2.78. The van der Waals surface area contributed by atoms with Gasteiger partial charge < -0.3 is 5.32 Å². The lowest BCUT2D eigenvalue weighted by molar-refractivity contribution is -0.115. The van der Waals surface area contributed by atoms with Crippen molar-refractivity contribution in [2.24, 2.45) is 0 Å².